The quantitative estimate of drug-likeness (QED) is 0.550. The fraction of sp³-hybridized carbons (Fsp3) is 0.385. The molecule has 4 N–H and O–H groups in total. The number of nitrogens with two attached hydrogens (primary N) is 1. The van der Waals surface area contributed by atoms with Gasteiger partial charge in [0.2, 0.25) is 5.91 Å². The number of nitrogens with one attached hydrogen (secondary N) is 2. The standard InChI is InChI=1S/C13H17N3O2/c1-8(17)11-6-9(2-4-12(11)14)15-7-10-3-5-13(18)16-10/h2,4,6,10,15H,3,5,7,14H2,1H3,(H,16,18). The van der Waals surface area contributed by atoms with Crippen LogP contribution in [0.4, 0.5) is 11.4 Å². The van der Waals surface area contributed by atoms with E-state index in [0.717, 1.165) is 12.1 Å². The molecule has 1 aromatic carbocycles. The van der Waals surface area contributed by atoms with E-state index < -0.39 is 0 Å². The van der Waals surface area contributed by atoms with Crippen molar-refractivity contribution in [2.24, 2.45) is 0 Å². The zero-order chi connectivity index (χ0) is 13.1. The normalized spacial score (nSPS) is 18.5. The molecule has 1 aromatic rings. The molecule has 0 spiro atoms. The summed E-state index contributed by atoms with van der Waals surface area (Å²) in [4.78, 5) is 22.4. The summed E-state index contributed by atoms with van der Waals surface area (Å²) in [7, 11) is 0. The number of ketones is 1. The number of hydrogen-bond acceptors (Lipinski definition) is 4. The molecule has 1 saturated heterocycles. The molecule has 1 atom stereocenters. The SMILES string of the molecule is CC(=O)c1cc(NCC2CCC(=O)N2)ccc1N. The van der Waals surface area contributed by atoms with Crippen LogP contribution in [0, 0.1) is 0 Å². The predicted octanol–water partition coefficient (Wildman–Crippen LogP) is 1.16. The maximum atomic E-state index is 11.4. The number of Topliss-reactive ketones (excluding diaryl/α,β-unsaturated/α-hetero) is 1. The molecule has 0 saturated carbocycles. The molecule has 1 fully saturated rings. The van der Waals surface area contributed by atoms with Gasteiger partial charge in [-0.05, 0) is 31.5 Å². The molecule has 1 amide bonds. The van der Waals surface area contributed by atoms with Gasteiger partial charge in [-0.2, -0.15) is 0 Å². The molecule has 1 aliphatic heterocycles. The molecule has 0 radical (unpaired) electrons. The van der Waals surface area contributed by atoms with Gasteiger partial charge in [0.15, 0.2) is 5.78 Å². The number of nitrogen functional groups attached to an aromatic ring is 1. The summed E-state index contributed by atoms with van der Waals surface area (Å²) in [6, 6.07) is 5.45. The topological polar surface area (TPSA) is 84.2 Å². The minimum absolute atomic E-state index is 0.0506. The summed E-state index contributed by atoms with van der Waals surface area (Å²) in [6.45, 7) is 2.15. The molecule has 96 valence electrons. The van der Waals surface area contributed by atoms with E-state index in [2.05, 4.69) is 10.6 Å². The highest BCUT2D eigenvalue weighted by Crippen LogP contribution is 2.19. The Morgan fingerprint density at radius 3 is 2.94 bits per heavy atom. The van der Waals surface area contributed by atoms with Crippen LogP contribution >= 0.6 is 0 Å². The van der Waals surface area contributed by atoms with Crippen LogP contribution in [0.25, 0.3) is 0 Å². The van der Waals surface area contributed by atoms with Crippen molar-refractivity contribution in [1.82, 2.24) is 5.32 Å². The van der Waals surface area contributed by atoms with Gasteiger partial charge >= 0.3 is 0 Å². The number of anilines is 2. The van der Waals surface area contributed by atoms with E-state index >= 15 is 0 Å². The summed E-state index contributed by atoms with van der Waals surface area (Å²) >= 11 is 0. The molecule has 0 aromatic heterocycles. The largest absolute Gasteiger partial charge is 0.398 e. The maximum absolute atomic E-state index is 11.4. The van der Waals surface area contributed by atoms with Crippen molar-refractivity contribution < 1.29 is 9.59 Å². The van der Waals surface area contributed by atoms with Crippen LogP contribution in [0.1, 0.15) is 30.1 Å². The lowest BCUT2D eigenvalue weighted by atomic mass is 10.1. The lowest BCUT2D eigenvalue weighted by Gasteiger charge is -2.13. The van der Waals surface area contributed by atoms with Crippen molar-refractivity contribution >= 4 is 23.1 Å². The summed E-state index contributed by atoms with van der Waals surface area (Å²) in [5, 5.41) is 6.09. The van der Waals surface area contributed by atoms with Gasteiger partial charge in [0.25, 0.3) is 0 Å². The molecule has 5 heteroatoms. The molecule has 0 aliphatic carbocycles. The number of hydrogen-bond donors (Lipinski definition) is 3. The van der Waals surface area contributed by atoms with Crippen LogP contribution in [0.5, 0.6) is 0 Å². The van der Waals surface area contributed by atoms with Gasteiger partial charge < -0.3 is 16.4 Å². The molecular formula is C13H17N3O2. The van der Waals surface area contributed by atoms with Crippen LogP contribution < -0.4 is 16.4 Å². The van der Waals surface area contributed by atoms with E-state index in [1.54, 1.807) is 12.1 Å². The zero-order valence-electron chi connectivity index (χ0n) is 10.3. The van der Waals surface area contributed by atoms with Crippen molar-refractivity contribution in [3.63, 3.8) is 0 Å². The molecule has 1 heterocycles. The van der Waals surface area contributed by atoms with Gasteiger partial charge in [-0.15, -0.1) is 0 Å². The summed E-state index contributed by atoms with van der Waals surface area (Å²) in [5.41, 5.74) is 7.58. The molecule has 0 bridgehead atoms. The Labute approximate surface area is 106 Å². The van der Waals surface area contributed by atoms with Crippen molar-refractivity contribution in [2.45, 2.75) is 25.8 Å². The van der Waals surface area contributed by atoms with Gasteiger partial charge in [-0.1, -0.05) is 0 Å². The maximum Gasteiger partial charge on any atom is 0.220 e. The molecular weight excluding hydrogens is 230 g/mol. The number of benzene rings is 1. The minimum Gasteiger partial charge on any atom is -0.398 e. The van der Waals surface area contributed by atoms with Gasteiger partial charge in [0, 0.05) is 35.9 Å². The van der Waals surface area contributed by atoms with Crippen molar-refractivity contribution in [3.05, 3.63) is 23.8 Å². The number of amides is 1. The van der Waals surface area contributed by atoms with Crippen molar-refractivity contribution in [2.75, 3.05) is 17.6 Å². The van der Waals surface area contributed by atoms with E-state index in [1.165, 1.54) is 6.92 Å². The number of carbonyl (C=O) groups excluding carboxylic acids is 2. The second-order valence-electron chi connectivity index (χ2n) is 4.54. The monoisotopic (exact) mass is 247 g/mol. The Bertz CT molecular complexity index is 485. The molecule has 1 aliphatic rings. The van der Waals surface area contributed by atoms with E-state index in [9.17, 15) is 9.59 Å². The summed E-state index contributed by atoms with van der Waals surface area (Å²) < 4.78 is 0. The number of carbonyl (C=O) groups is 2. The van der Waals surface area contributed by atoms with Crippen LogP contribution in [0.2, 0.25) is 0 Å². The fourth-order valence-electron chi connectivity index (χ4n) is 2.04. The average molecular weight is 247 g/mol. The Morgan fingerprint density at radius 1 is 1.56 bits per heavy atom. The first-order valence-corrected chi connectivity index (χ1v) is 6.00. The van der Waals surface area contributed by atoms with Crippen molar-refractivity contribution in [3.8, 4) is 0 Å². The van der Waals surface area contributed by atoms with E-state index in [4.69, 9.17) is 5.73 Å². The average Bonchev–Trinajstić information content (AvgIpc) is 2.74. The highest BCUT2D eigenvalue weighted by atomic mass is 16.2. The predicted molar refractivity (Wildman–Crippen MR) is 70.5 cm³/mol. The summed E-state index contributed by atoms with van der Waals surface area (Å²) in [5.74, 6) is 0.0499. The molecule has 18 heavy (non-hydrogen) atoms. The Kier molecular flexibility index (Phi) is 3.50. The van der Waals surface area contributed by atoms with Crippen molar-refractivity contribution in [1.29, 1.82) is 0 Å². The zero-order valence-corrected chi connectivity index (χ0v) is 10.3. The summed E-state index contributed by atoms with van der Waals surface area (Å²) in [6.07, 6.45) is 1.44. The first-order chi connectivity index (χ1) is 8.56. The van der Waals surface area contributed by atoms with Gasteiger partial charge in [0.1, 0.15) is 0 Å². The Morgan fingerprint density at radius 2 is 2.33 bits per heavy atom. The van der Waals surface area contributed by atoms with Gasteiger partial charge in [-0.3, -0.25) is 9.59 Å². The van der Waals surface area contributed by atoms with Gasteiger partial charge in [-0.25, -0.2) is 0 Å². The first-order valence-electron chi connectivity index (χ1n) is 6.00. The first kappa shape index (κ1) is 12.4. The number of rotatable bonds is 4. The van der Waals surface area contributed by atoms with Crippen LogP contribution in [-0.2, 0) is 4.79 Å². The van der Waals surface area contributed by atoms with Gasteiger partial charge in [0.05, 0.1) is 0 Å². The van der Waals surface area contributed by atoms with E-state index in [-0.39, 0.29) is 17.7 Å². The second kappa shape index (κ2) is 5.08. The second-order valence-corrected chi connectivity index (χ2v) is 4.54. The Balaban J connectivity index is 1.99. The third-order valence-corrected chi connectivity index (χ3v) is 3.07. The third kappa shape index (κ3) is 2.80. The highest BCUT2D eigenvalue weighted by molar-refractivity contribution is 6.00. The fourth-order valence-corrected chi connectivity index (χ4v) is 2.04. The van der Waals surface area contributed by atoms with Crippen LogP contribution in [-0.4, -0.2) is 24.3 Å². The van der Waals surface area contributed by atoms with E-state index in [0.29, 0.717) is 24.2 Å². The smallest absolute Gasteiger partial charge is 0.220 e. The van der Waals surface area contributed by atoms with Crippen LogP contribution in [0.3, 0.4) is 0 Å². The third-order valence-electron chi connectivity index (χ3n) is 3.07. The lowest BCUT2D eigenvalue weighted by molar-refractivity contribution is -0.119. The van der Waals surface area contributed by atoms with Crippen LogP contribution in [0.15, 0.2) is 18.2 Å². The Hall–Kier alpha value is -2.04. The highest BCUT2D eigenvalue weighted by Gasteiger charge is 2.20. The molecule has 2 rings (SSSR count). The molecule has 5 nitrogen and oxygen atoms in total. The lowest BCUT2D eigenvalue weighted by Crippen LogP contribution is -2.31. The minimum atomic E-state index is -0.0506. The van der Waals surface area contributed by atoms with E-state index in [1.807, 2.05) is 6.07 Å². The molecule has 1 unspecified atom stereocenters.